The molecule has 0 saturated carbocycles. The average Bonchev–Trinajstić information content (AvgIpc) is 2.30. The number of sulfonamides is 1. The van der Waals surface area contributed by atoms with Gasteiger partial charge in [-0.05, 0) is 38.5 Å². The van der Waals surface area contributed by atoms with Crippen LogP contribution < -0.4 is 10.5 Å². The molecular formula is C12H19ClN2O4S2. The molecule has 0 heterocycles. The number of hydrogen-bond donors (Lipinski definition) is 2. The topological polar surface area (TPSA) is 106 Å². The minimum absolute atomic E-state index is 0.0337. The Morgan fingerprint density at radius 2 is 1.76 bits per heavy atom. The third-order valence-corrected chi connectivity index (χ3v) is 7.32. The molecule has 0 aliphatic rings. The number of nitrogens with two attached hydrogens (primary N) is 1. The number of halogens is 1. The maximum atomic E-state index is 12.2. The first-order valence-corrected chi connectivity index (χ1v) is 9.78. The van der Waals surface area contributed by atoms with Crippen LogP contribution in [0.5, 0.6) is 0 Å². The molecule has 120 valence electrons. The van der Waals surface area contributed by atoms with Gasteiger partial charge < -0.3 is 5.73 Å². The van der Waals surface area contributed by atoms with Crippen LogP contribution in [-0.4, -0.2) is 34.4 Å². The van der Waals surface area contributed by atoms with Gasteiger partial charge in [-0.15, -0.1) is 0 Å². The zero-order chi connectivity index (χ0) is 16.6. The maximum Gasteiger partial charge on any atom is 0.242 e. The molecule has 1 rings (SSSR count). The van der Waals surface area contributed by atoms with Crippen LogP contribution in [0.15, 0.2) is 17.0 Å². The summed E-state index contributed by atoms with van der Waals surface area (Å²) in [7, 11) is -7.37. The number of sulfone groups is 1. The van der Waals surface area contributed by atoms with Gasteiger partial charge in [-0.1, -0.05) is 11.6 Å². The standard InChI is InChI=1S/C12H19ClN2O4S2/c1-8-5-9(13)11(6-10(8)14)21(18,19)15-7-12(2,3)20(4,16)17/h5-6,15H,7,14H2,1-4H3. The van der Waals surface area contributed by atoms with Crippen LogP contribution in [0.1, 0.15) is 19.4 Å². The molecule has 0 amide bonds. The fraction of sp³-hybridized carbons (Fsp3) is 0.500. The van der Waals surface area contributed by atoms with Gasteiger partial charge in [-0.25, -0.2) is 21.6 Å². The molecule has 0 bridgehead atoms. The van der Waals surface area contributed by atoms with Crippen molar-refractivity contribution in [1.82, 2.24) is 4.72 Å². The Bertz CT molecular complexity index is 756. The fourth-order valence-corrected chi connectivity index (χ4v) is 3.60. The Morgan fingerprint density at radius 1 is 1.24 bits per heavy atom. The van der Waals surface area contributed by atoms with Crippen molar-refractivity contribution in [3.8, 4) is 0 Å². The predicted molar refractivity (Wildman–Crippen MR) is 84.7 cm³/mol. The SMILES string of the molecule is Cc1cc(Cl)c(S(=O)(=O)NCC(C)(C)S(C)(=O)=O)cc1N. The van der Waals surface area contributed by atoms with Crippen molar-refractivity contribution in [2.24, 2.45) is 0 Å². The van der Waals surface area contributed by atoms with E-state index in [9.17, 15) is 16.8 Å². The van der Waals surface area contributed by atoms with Crippen LogP contribution in [0.2, 0.25) is 5.02 Å². The summed E-state index contributed by atoms with van der Waals surface area (Å²) >= 11 is 5.93. The number of nitrogens with one attached hydrogen (secondary N) is 1. The zero-order valence-corrected chi connectivity index (χ0v) is 14.7. The van der Waals surface area contributed by atoms with Gasteiger partial charge in [0, 0.05) is 18.5 Å². The summed E-state index contributed by atoms with van der Waals surface area (Å²) in [6.45, 7) is 4.32. The normalized spacial score (nSPS) is 13.4. The van der Waals surface area contributed by atoms with E-state index in [0.29, 0.717) is 11.3 Å². The van der Waals surface area contributed by atoms with Crippen LogP contribution in [-0.2, 0) is 19.9 Å². The lowest BCUT2D eigenvalue weighted by Crippen LogP contribution is -2.43. The molecule has 0 atom stereocenters. The van der Waals surface area contributed by atoms with Gasteiger partial charge >= 0.3 is 0 Å². The molecule has 0 spiro atoms. The highest BCUT2D eigenvalue weighted by atomic mass is 35.5. The Morgan fingerprint density at radius 3 is 2.24 bits per heavy atom. The van der Waals surface area contributed by atoms with Gasteiger partial charge in [0.05, 0.1) is 9.77 Å². The monoisotopic (exact) mass is 354 g/mol. The van der Waals surface area contributed by atoms with Crippen molar-refractivity contribution < 1.29 is 16.8 Å². The highest BCUT2D eigenvalue weighted by Gasteiger charge is 2.32. The summed E-state index contributed by atoms with van der Waals surface area (Å²) < 4.78 is 48.7. The van der Waals surface area contributed by atoms with Crippen molar-refractivity contribution in [3.05, 3.63) is 22.7 Å². The highest BCUT2D eigenvalue weighted by molar-refractivity contribution is 7.92. The third-order valence-electron chi connectivity index (χ3n) is 3.30. The van der Waals surface area contributed by atoms with E-state index < -0.39 is 24.6 Å². The van der Waals surface area contributed by atoms with Gasteiger partial charge in [0.15, 0.2) is 9.84 Å². The first-order chi connectivity index (χ1) is 9.28. The lowest BCUT2D eigenvalue weighted by molar-refractivity contribution is 0.537. The lowest BCUT2D eigenvalue weighted by atomic mass is 10.2. The van der Waals surface area contributed by atoms with Gasteiger partial charge in [-0.3, -0.25) is 0 Å². The zero-order valence-electron chi connectivity index (χ0n) is 12.3. The molecular weight excluding hydrogens is 336 g/mol. The van der Waals surface area contributed by atoms with Crippen molar-refractivity contribution in [2.75, 3.05) is 18.5 Å². The van der Waals surface area contributed by atoms with E-state index in [2.05, 4.69) is 4.72 Å². The predicted octanol–water partition coefficient (Wildman–Crippen LogP) is 1.33. The lowest BCUT2D eigenvalue weighted by Gasteiger charge is -2.23. The Kier molecular flexibility index (Phi) is 4.99. The Hall–Kier alpha value is -0.830. The van der Waals surface area contributed by atoms with E-state index in [1.807, 2.05) is 0 Å². The van der Waals surface area contributed by atoms with Crippen molar-refractivity contribution in [1.29, 1.82) is 0 Å². The van der Waals surface area contributed by atoms with Gasteiger partial charge in [0.1, 0.15) is 4.90 Å². The van der Waals surface area contributed by atoms with Crippen LogP contribution in [0.3, 0.4) is 0 Å². The maximum absolute atomic E-state index is 12.2. The van der Waals surface area contributed by atoms with E-state index in [1.54, 1.807) is 6.92 Å². The van der Waals surface area contributed by atoms with Gasteiger partial charge in [0.25, 0.3) is 0 Å². The second-order valence-electron chi connectivity index (χ2n) is 5.50. The quantitative estimate of drug-likeness (QED) is 0.776. The third kappa shape index (κ3) is 4.09. The largest absolute Gasteiger partial charge is 0.398 e. The summed E-state index contributed by atoms with van der Waals surface area (Å²) in [6, 6.07) is 2.71. The van der Waals surface area contributed by atoms with Crippen LogP contribution in [0, 0.1) is 6.92 Å². The number of benzene rings is 1. The molecule has 0 radical (unpaired) electrons. The number of hydrogen-bond acceptors (Lipinski definition) is 5. The van der Waals surface area contributed by atoms with Crippen LogP contribution in [0.25, 0.3) is 0 Å². The van der Waals surface area contributed by atoms with Crippen molar-refractivity contribution in [3.63, 3.8) is 0 Å². The number of aryl methyl sites for hydroxylation is 1. The average molecular weight is 355 g/mol. The number of anilines is 1. The molecule has 0 saturated heterocycles. The minimum Gasteiger partial charge on any atom is -0.398 e. The number of rotatable bonds is 5. The van der Waals surface area contributed by atoms with Crippen LogP contribution in [0.4, 0.5) is 5.69 Å². The molecule has 21 heavy (non-hydrogen) atoms. The van der Waals surface area contributed by atoms with Gasteiger partial charge in [-0.2, -0.15) is 0 Å². The first kappa shape index (κ1) is 18.2. The summed E-state index contributed by atoms with van der Waals surface area (Å²) in [6.07, 6.45) is 1.05. The van der Waals surface area contributed by atoms with Crippen LogP contribution >= 0.6 is 11.6 Å². The summed E-state index contributed by atoms with van der Waals surface area (Å²) in [5.41, 5.74) is 6.65. The molecule has 0 aliphatic carbocycles. The molecule has 1 aromatic carbocycles. The first-order valence-electron chi connectivity index (χ1n) is 6.03. The molecule has 0 fully saturated rings. The van der Waals surface area contributed by atoms with E-state index in [1.165, 1.54) is 26.0 Å². The highest BCUT2D eigenvalue weighted by Crippen LogP contribution is 2.27. The Balaban J connectivity index is 3.12. The molecule has 0 aliphatic heterocycles. The smallest absolute Gasteiger partial charge is 0.242 e. The molecule has 0 unspecified atom stereocenters. The molecule has 1 aromatic rings. The fourth-order valence-electron chi connectivity index (χ4n) is 1.35. The van der Waals surface area contributed by atoms with E-state index in [4.69, 9.17) is 17.3 Å². The van der Waals surface area contributed by atoms with Gasteiger partial charge in [0.2, 0.25) is 10.0 Å². The molecule has 9 heteroatoms. The van der Waals surface area contributed by atoms with Crippen molar-refractivity contribution in [2.45, 2.75) is 30.4 Å². The Labute approximate surface area is 130 Å². The van der Waals surface area contributed by atoms with E-state index in [0.717, 1.165) is 6.26 Å². The summed E-state index contributed by atoms with van der Waals surface area (Å²) in [5, 5.41) is 0.0337. The van der Waals surface area contributed by atoms with Crippen molar-refractivity contribution >= 4 is 37.1 Å². The molecule has 3 N–H and O–H groups in total. The van der Waals surface area contributed by atoms with E-state index >= 15 is 0 Å². The second kappa shape index (κ2) is 5.75. The second-order valence-corrected chi connectivity index (χ2v) is 10.3. The molecule has 6 nitrogen and oxygen atoms in total. The minimum atomic E-state index is -3.95. The van der Waals surface area contributed by atoms with E-state index in [-0.39, 0.29) is 16.5 Å². The number of nitrogen functional groups attached to an aromatic ring is 1. The summed E-state index contributed by atoms with van der Waals surface area (Å²) in [5.74, 6) is 0. The molecule has 0 aromatic heterocycles. The summed E-state index contributed by atoms with van der Waals surface area (Å²) in [4.78, 5) is -0.170.